The van der Waals surface area contributed by atoms with E-state index >= 15 is 0 Å². The molecule has 5 N–H and O–H groups in total. The van der Waals surface area contributed by atoms with Crippen LogP contribution in [0, 0.1) is 0 Å². The topological polar surface area (TPSA) is 81.9 Å². The molecule has 2 aliphatic carbocycles. The van der Waals surface area contributed by atoms with Gasteiger partial charge in [0.05, 0.1) is 5.69 Å². The molecular formula is C26H31N5S. The molecule has 0 saturated heterocycles. The minimum Gasteiger partial charge on any atom is -0.390 e. The number of nitrogens with two attached hydrogens (primary N) is 2. The third-order valence-electron chi connectivity index (χ3n) is 6.52. The molecule has 0 aliphatic heterocycles. The molecule has 0 atom stereocenters. The monoisotopic (exact) mass is 445 g/mol. The summed E-state index contributed by atoms with van der Waals surface area (Å²) < 4.78 is 2.00. The Labute approximate surface area is 194 Å². The number of thioether (sulfide) groups is 1. The molecule has 3 aromatic rings. The number of benzene rings is 2. The van der Waals surface area contributed by atoms with Crippen molar-refractivity contribution in [2.75, 3.05) is 5.32 Å². The van der Waals surface area contributed by atoms with Gasteiger partial charge in [-0.2, -0.15) is 5.10 Å². The zero-order valence-corrected chi connectivity index (χ0v) is 19.6. The number of aromatic nitrogens is 2. The average Bonchev–Trinajstić information content (AvgIpc) is 3.53. The molecule has 5 rings (SSSR count). The fourth-order valence-electron chi connectivity index (χ4n) is 4.94. The Morgan fingerprint density at radius 2 is 1.62 bits per heavy atom. The van der Waals surface area contributed by atoms with E-state index in [4.69, 9.17) is 16.6 Å². The number of nitrogens with zero attached hydrogens (tertiary/aromatic N) is 2. The summed E-state index contributed by atoms with van der Waals surface area (Å²) in [5.41, 5.74) is 22.2. The second-order valence-corrected chi connectivity index (χ2v) is 10.1. The van der Waals surface area contributed by atoms with Crippen molar-refractivity contribution in [3.63, 3.8) is 0 Å². The fraction of sp³-hybridized carbons (Fsp3) is 0.346. The number of fused-ring (bicyclic) bond motifs is 2. The van der Waals surface area contributed by atoms with Crippen molar-refractivity contribution in [3.8, 4) is 5.69 Å². The molecule has 0 saturated carbocycles. The van der Waals surface area contributed by atoms with Crippen LogP contribution >= 0.6 is 11.8 Å². The lowest BCUT2D eigenvalue weighted by Gasteiger charge is -2.18. The fourth-order valence-corrected chi connectivity index (χ4v) is 5.63. The van der Waals surface area contributed by atoms with Gasteiger partial charge in [-0.25, -0.2) is 4.68 Å². The van der Waals surface area contributed by atoms with E-state index in [1.807, 2.05) is 22.9 Å². The highest BCUT2D eigenvalue weighted by atomic mass is 32.2. The molecular weight excluding hydrogens is 414 g/mol. The van der Waals surface area contributed by atoms with Crippen LogP contribution in [0.5, 0.6) is 0 Å². The van der Waals surface area contributed by atoms with E-state index in [1.54, 1.807) is 0 Å². The second kappa shape index (κ2) is 8.58. The highest BCUT2D eigenvalue weighted by Crippen LogP contribution is 2.39. The van der Waals surface area contributed by atoms with Gasteiger partial charge in [-0.05, 0) is 96.7 Å². The summed E-state index contributed by atoms with van der Waals surface area (Å²) in [4.78, 5) is 0. The molecule has 6 heteroatoms. The summed E-state index contributed by atoms with van der Waals surface area (Å²) in [7, 11) is 0. The van der Waals surface area contributed by atoms with Crippen molar-refractivity contribution in [2.45, 2.75) is 63.3 Å². The second-order valence-electron chi connectivity index (χ2n) is 9.05. The summed E-state index contributed by atoms with van der Waals surface area (Å²) in [6, 6.07) is 14.7. The number of para-hydroxylation sites is 1. The number of aryl methyl sites for hydroxylation is 2. The SMILES string of the molecule is CC(C)c1cc(S/C(N)=C(\N)Nc2c3c(cc4c2CCC4)CCC3)nn1-c1ccccc1. The Morgan fingerprint density at radius 3 is 2.25 bits per heavy atom. The third kappa shape index (κ3) is 3.88. The van der Waals surface area contributed by atoms with Crippen LogP contribution < -0.4 is 16.8 Å². The van der Waals surface area contributed by atoms with E-state index < -0.39 is 0 Å². The van der Waals surface area contributed by atoms with E-state index in [1.165, 1.54) is 65.4 Å². The molecule has 1 aromatic heterocycles. The maximum atomic E-state index is 6.49. The Bertz CT molecular complexity index is 1140. The van der Waals surface area contributed by atoms with Gasteiger partial charge < -0.3 is 16.8 Å². The molecule has 2 aliphatic rings. The number of hydrogen-bond acceptors (Lipinski definition) is 5. The van der Waals surface area contributed by atoms with Crippen molar-refractivity contribution in [1.29, 1.82) is 0 Å². The van der Waals surface area contributed by atoms with Gasteiger partial charge in [0, 0.05) is 11.4 Å². The van der Waals surface area contributed by atoms with Gasteiger partial charge >= 0.3 is 0 Å². The molecule has 32 heavy (non-hydrogen) atoms. The summed E-state index contributed by atoms with van der Waals surface area (Å²) >= 11 is 1.42. The van der Waals surface area contributed by atoms with Crippen LogP contribution in [0.25, 0.3) is 5.69 Å². The first kappa shape index (κ1) is 21.0. The highest BCUT2D eigenvalue weighted by Gasteiger charge is 2.24. The average molecular weight is 446 g/mol. The van der Waals surface area contributed by atoms with Gasteiger partial charge in [0.1, 0.15) is 15.9 Å². The number of rotatable bonds is 6. The molecule has 0 amide bonds. The summed E-state index contributed by atoms with van der Waals surface area (Å²) in [6.45, 7) is 4.35. The van der Waals surface area contributed by atoms with Gasteiger partial charge in [-0.3, -0.25) is 0 Å². The maximum Gasteiger partial charge on any atom is 0.131 e. The first-order valence-corrected chi connectivity index (χ1v) is 12.3. The summed E-state index contributed by atoms with van der Waals surface area (Å²) in [5.74, 6) is 0.858. The molecule has 0 fully saturated rings. The molecule has 2 aromatic carbocycles. The Kier molecular flexibility index (Phi) is 5.64. The van der Waals surface area contributed by atoms with E-state index in [2.05, 4.69) is 43.4 Å². The zero-order valence-electron chi connectivity index (χ0n) is 18.8. The highest BCUT2D eigenvalue weighted by molar-refractivity contribution is 8.03. The van der Waals surface area contributed by atoms with Crippen LogP contribution in [-0.2, 0) is 25.7 Å². The molecule has 166 valence electrons. The number of nitrogens with one attached hydrogen (secondary N) is 1. The van der Waals surface area contributed by atoms with E-state index in [9.17, 15) is 0 Å². The molecule has 0 radical (unpaired) electrons. The standard InChI is InChI=1S/C26H31N5S/c1-16(2)22-15-23(30-31(22)19-10-4-3-5-11-19)32-26(28)25(27)29-24-20-12-6-8-17(20)14-18-9-7-13-21(18)24/h3-5,10-11,14-16,29H,6-9,12-13,27-28H2,1-2H3/b26-25+. The molecule has 0 spiro atoms. The largest absolute Gasteiger partial charge is 0.390 e. The lowest BCUT2D eigenvalue weighted by molar-refractivity contribution is 0.725. The predicted octanol–water partition coefficient (Wildman–Crippen LogP) is 5.22. The summed E-state index contributed by atoms with van der Waals surface area (Å²) in [6.07, 6.45) is 7.00. The lowest BCUT2D eigenvalue weighted by atomic mass is 9.99. The quantitative estimate of drug-likeness (QED) is 0.453. The molecule has 0 bridgehead atoms. The smallest absolute Gasteiger partial charge is 0.131 e. The molecule has 5 nitrogen and oxygen atoms in total. The Morgan fingerprint density at radius 1 is 0.969 bits per heavy atom. The lowest BCUT2D eigenvalue weighted by Crippen LogP contribution is -2.17. The van der Waals surface area contributed by atoms with Gasteiger partial charge in [0.25, 0.3) is 0 Å². The van der Waals surface area contributed by atoms with Crippen molar-refractivity contribution in [1.82, 2.24) is 9.78 Å². The van der Waals surface area contributed by atoms with Crippen LogP contribution in [-0.4, -0.2) is 9.78 Å². The number of hydrogen-bond donors (Lipinski definition) is 3. The van der Waals surface area contributed by atoms with Gasteiger partial charge in [-0.15, -0.1) is 0 Å². The van der Waals surface area contributed by atoms with Gasteiger partial charge in [0.15, 0.2) is 0 Å². The molecule has 1 heterocycles. The van der Waals surface area contributed by atoms with Crippen LogP contribution in [0.3, 0.4) is 0 Å². The van der Waals surface area contributed by atoms with Crippen molar-refractivity contribution in [3.05, 3.63) is 81.3 Å². The summed E-state index contributed by atoms with van der Waals surface area (Å²) in [5, 5.41) is 9.75. The minimum atomic E-state index is 0.340. The van der Waals surface area contributed by atoms with Gasteiger partial charge in [0.2, 0.25) is 0 Å². The number of anilines is 1. The van der Waals surface area contributed by atoms with Crippen LogP contribution in [0.15, 0.2) is 58.3 Å². The Hall–Kier alpha value is -2.86. The first-order valence-electron chi connectivity index (χ1n) is 11.5. The van der Waals surface area contributed by atoms with Crippen LogP contribution in [0.1, 0.15) is 60.6 Å². The molecule has 0 unspecified atom stereocenters. The maximum absolute atomic E-state index is 6.49. The van der Waals surface area contributed by atoms with Crippen molar-refractivity contribution < 1.29 is 0 Å². The van der Waals surface area contributed by atoms with Crippen molar-refractivity contribution in [2.24, 2.45) is 11.5 Å². The predicted molar refractivity (Wildman–Crippen MR) is 133 cm³/mol. The Balaban J connectivity index is 1.43. The first-order chi connectivity index (χ1) is 15.5. The third-order valence-corrected chi connectivity index (χ3v) is 7.37. The van der Waals surface area contributed by atoms with E-state index in [0.717, 1.165) is 29.2 Å². The van der Waals surface area contributed by atoms with Crippen molar-refractivity contribution >= 4 is 17.4 Å². The van der Waals surface area contributed by atoms with Gasteiger partial charge in [-0.1, -0.05) is 38.1 Å². The minimum absolute atomic E-state index is 0.340. The zero-order chi connectivity index (χ0) is 22.2. The van der Waals surface area contributed by atoms with E-state index in [-0.39, 0.29) is 0 Å². The van der Waals surface area contributed by atoms with Crippen LogP contribution in [0.2, 0.25) is 0 Å². The van der Waals surface area contributed by atoms with Crippen LogP contribution in [0.4, 0.5) is 5.69 Å². The normalized spacial score (nSPS) is 15.6. The van der Waals surface area contributed by atoms with E-state index in [0.29, 0.717) is 16.8 Å².